The van der Waals surface area contributed by atoms with Gasteiger partial charge in [-0.1, -0.05) is 48.2 Å². The molecule has 24 heavy (non-hydrogen) atoms. The van der Waals surface area contributed by atoms with E-state index in [1.165, 1.54) is 11.8 Å². The molecule has 1 amide bonds. The molecular weight excluding hydrogens is 322 g/mol. The van der Waals surface area contributed by atoms with E-state index in [-0.39, 0.29) is 17.5 Å². The molecule has 5 heteroatoms. The molecule has 4 nitrogen and oxygen atoms in total. The molecular formula is C19H17NO3S. The summed E-state index contributed by atoms with van der Waals surface area (Å²) in [7, 11) is 0. The van der Waals surface area contributed by atoms with Crippen molar-refractivity contribution in [1.82, 2.24) is 0 Å². The molecule has 0 radical (unpaired) electrons. The highest BCUT2D eigenvalue weighted by atomic mass is 32.2. The Morgan fingerprint density at radius 3 is 2.50 bits per heavy atom. The van der Waals surface area contributed by atoms with Crippen molar-refractivity contribution in [2.75, 3.05) is 0 Å². The third-order valence-electron chi connectivity index (χ3n) is 4.00. The third kappa shape index (κ3) is 3.51. The van der Waals surface area contributed by atoms with E-state index in [0.717, 1.165) is 5.56 Å². The van der Waals surface area contributed by atoms with Crippen molar-refractivity contribution < 1.29 is 14.7 Å². The van der Waals surface area contributed by atoms with Gasteiger partial charge in [-0.15, -0.1) is 0 Å². The van der Waals surface area contributed by atoms with E-state index >= 15 is 0 Å². The van der Waals surface area contributed by atoms with Gasteiger partial charge in [0.05, 0.1) is 4.91 Å². The molecule has 1 atom stereocenters. The predicted molar refractivity (Wildman–Crippen MR) is 93.9 cm³/mol. The number of hydrogen-bond donors (Lipinski definition) is 2. The van der Waals surface area contributed by atoms with Gasteiger partial charge in [-0.05, 0) is 29.7 Å². The van der Waals surface area contributed by atoms with Crippen LogP contribution >= 0.6 is 11.8 Å². The van der Waals surface area contributed by atoms with Crippen molar-refractivity contribution in [2.45, 2.75) is 23.7 Å². The molecule has 0 aromatic heterocycles. The highest BCUT2D eigenvalue weighted by Gasteiger charge is 2.29. The minimum Gasteiger partial charge on any atom is -0.511 e. The summed E-state index contributed by atoms with van der Waals surface area (Å²) in [4.78, 5) is 24.8. The Kier molecular flexibility index (Phi) is 4.71. The normalized spacial score (nSPS) is 17.8. The number of nitrogens with two attached hydrogens (primary N) is 1. The molecule has 1 unspecified atom stereocenters. The molecule has 3 N–H and O–H groups in total. The predicted octanol–water partition coefficient (Wildman–Crippen LogP) is 3.79. The van der Waals surface area contributed by atoms with Gasteiger partial charge in [0.25, 0.3) is 0 Å². The van der Waals surface area contributed by atoms with Crippen molar-refractivity contribution in [3.63, 3.8) is 0 Å². The lowest BCUT2D eigenvalue weighted by molar-refractivity contribution is -0.115. The van der Waals surface area contributed by atoms with Crippen LogP contribution in [0.1, 0.15) is 34.7 Å². The number of carbonyl (C=O) groups is 2. The number of allylic oxidation sites excluding steroid dienone is 2. The van der Waals surface area contributed by atoms with Crippen LogP contribution in [0.15, 0.2) is 70.2 Å². The first-order valence-electron chi connectivity index (χ1n) is 7.62. The Morgan fingerprint density at radius 1 is 1.08 bits per heavy atom. The maximum atomic E-state index is 12.5. The van der Waals surface area contributed by atoms with Crippen LogP contribution in [0.5, 0.6) is 0 Å². The molecule has 0 heterocycles. The summed E-state index contributed by atoms with van der Waals surface area (Å²) in [6, 6.07) is 16.5. The fraction of sp³-hybridized carbons (Fsp3) is 0.158. The summed E-state index contributed by atoms with van der Waals surface area (Å²) < 4.78 is 0. The minimum atomic E-state index is -0.519. The SMILES string of the molecule is NC(=O)c1cccc(SC2=C(O)CC(c3ccccc3)CC2=O)c1. The number of hydrogen-bond acceptors (Lipinski definition) is 4. The number of thioether (sulfide) groups is 1. The molecule has 0 bridgehead atoms. The van der Waals surface area contributed by atoms with Gasteiger partial charge in [0.2, 0.25) is 5.91 Å². The Labute approximate surface area is 144 Å². The van der Waals surface area contributed by atoms with Crippen LogP contribution in [0.4, 0.5) is 0 Å². The zero-order chi connectivity index (χ0) is 17.1. The Bertz CT molecular complexity index is 814. The van der Waals surface area contributed by atoms with Gasteiger partial charge in [0.15, 0.2) is 5.78 Å². The smallest absolute Gasteiger partial charge is 0.248 e. The highest BCUT2D eigenvalue weighted by Crippen LogP contribution is 2.40. The second-order valence-corrected chi connectivity index (χ2v) is 6.79. The first-order valence-corrected chi connectivity index (χ1v) is 8.44. The lowest BCUT2D eigenvalue weighted by atomic mass is 9.86. The second kappa shape index (κ2) is 6.93. The fourth-order valence-electron chi connectivity index (χ4n) is 2.78. The first kappa shape index (κ1) is 16.3. The maximum Gasteiger partial charge on any atom is 0.248 e. The number of benzene rings is 2. The molecule has 3 rings (SSSR count). The Hall–Kier alpha value is -2.53. The topological polar surface area (TPSA) is 80.4 Å². The number of carbonyl (C=O) groups excluding carboxylic acids is 2. The summed E-state index contributed by atoms with van der Waals surface area (Å²) in [5.41, 5.74) is 6.71. The van der Waals surface area contributed by atoms with Crippen LogP contribution in [0.25, 0.3) is 0 Å². The van der Waals surface area contributed by atoms with Crippen molar-refractivity contribution in [1.29, 1.82) is 0 Å². The first-order chi connectivity index (χ1) is 11.5. The van der Waals surface area contributed by atoms with Gasteiger partial charge >= 0.3 is 0 Å². The number of aliphatic hydroxyl groups excluding tert-OH is 1. The lowest BCUT2D eigenvalue weighted by Crippen LogP contribution is -2.17. The molecule has 0 saturated carbocycles. The van der Waals surface area contributed by atoms with E-state index in [4.69, 9.17) is 5.73 Å². The number of amides is 1. The largest absolute Gasteiger partial charge is 0.511 e. The molecule has 122 valence electrons. The summed E-state index contributed by atoms with van der Waals surface area (Å²) in [5.74, 6) is -0.494. The van der Waals surface area contributed by atoms with Crippen LogP contribution in [0.3, 0.4) is 0 Å². The molecule has 1 aliphatic rings. The van der Waals surface area contributed by atoms with Crippen LogP contribution in [-0.2, 0) is 4.79 Å². The van der Waals surface area contributed by atoms with E-state index in [0.29, 0.717) is 28.2 Å². The van der Waals surface area contributed by atoms with Crippen molar-refractivity contribution >= 4 is 23.5 Å². The maximum absolute atomic E-state index is 12.5. The number of aliphatic hydroxyl groups is 1. The van der Waals surface area contributed by atoms with Gasteiger partial charge in [-0.2, -0.15) is 0 Å². The van der Waals surface area contributed by atoms with E-state index in [1.54, 1.807) is 24.3 Å². The van der Waals surface area contributed by atoms with Crippen molar-refractivity contribution in [3.8, 4) is 0 Å². The van der Waals surface area contributed by atoms with Crippen molar-refractivity contribution in [3.05, 3.63) is 76.4 Å². The summed E-state index contributed by atoms with van der Waals surface area (Å²) >= 11 is 1.18. The monoisotopic (exact) mass is 339 g/mol. The van der Waals surface area contributed by atoms with Crippen LogP contribution in [-0.4, -0.2) is 16.8 Å². The third-order valence-corrected chi connectivity index (χ3v) is 5.15. The van der Waals surface area contributed by atoms with E-state index in [9.17, 15) is 14.7 Å². The molecule has 0 aliphatic heterocycles. The zero-order valence-electron chi connectivity index (χ0n) is 12.9. The fourth-order valence-corrected chi connectivity index (χ4v) is 3.75. The summed E-state index contributed by atoms with van der Waals surface area (Å²) in [6.45, 7) is 0. The quantitative estimate of drug-likeness (QED) is 0.888. The van der Waals surface area contributed by atoms with Crippen molar-refractivity contribution in [2.24, 2.45) is 5.73 Å². The summed E-state index contributed by atoms with van der Waals surface area (Å²) in [6.07, 6.45) is 0.805. The van der Waals surface area contributed by atoms with Crippen LogP contribution in [0, 0.1) is 0 Å². The average Bonchev–Trinajstić information content (AvgIpc) is 2.59. The number of Topliss-reactive ketones (excluding diaryl/α,β-unsaturated/α-hetero) is 1. The average molecular weight is 339 g/mol. The van der Waals surface area contributed by atoms with E-state index in [1.807, 2.05) is 30.3 Å². The molecule has 0 fully saturated rings. The summed E-state index contributed by atoms with van der Waals surface area (Å²) in [5, 5.41) is 10.4. The molecule has 2 aromatic rings. The minimum absolute atomic E-state index is 0.00000362. The Morgan fingerprint density at radius 2 is 1.83 bits per heavy atom. The van der Waals surface area contributed by atoms with Gasteiger partial charge in [0, 0.05) is 23.3 Å². The second-order valence-electron chi connectivity index (χ2n) is 5.71. The lowest BCUT2D eigenvalue weighted by Gasteiger charge is -2.23. The number of rotatable bonds is 4. The Balaban J connectivity index is 1.82. The van der Waals surface area contributed by atoms with E-state index in [2.05, 4.69) is 0 Å². The van der Waals surface area contributed by atoms with Gasteiger partial charge in [-0.25, -0.2) is 0 Å². The molecule has 2 aromatic carbocycles. The standard InChI is InChI=1S/C19H17NO3S/c20-19(23)13-7-4-8-15(9-13)24-18-16(21)10-14(11-17(18)22)12-5-2-1-3-6-12/h1-9,14,21H,10-11H2,(H2,20,23). The number of ketones is 1. The molecule has 0 spiro atoms. The van der Waals surface area contributed by atoms with Gasteiger partial charge in [0.1, 0.15) is 5.76 Å². The molecule has 1 aliphatic carbocycles. The van der Waals surface area contributed by atoms with Gasteiger partial charge < -0.3 is 10.8 Å². The van der Waals surface area contributed by atoms with Gasteiger partial charge in [-0.3, -0.25) is 9.59 Å². The van der Waals surface area contributed by atoms with Crippen LogP contribution in [0.2, 0.25) is 0 Å². The molecule has 0 saturated heterocycles. The highest BCUT2D eigenvalue weighted by molar-refractivity contribution is 8.04. The number of primary amides is 1. The van der Waals surface area contributed by atoms with E-state index < -0.39 is 5.91 Å². The zero-order valence-corrected chi connectivity index (χ0v) is 13.8. The van der Waals surface area contributed by atoms with Crippen LogP contribution < -0.4 is 5.73 Å².